The Morgan fingerprint density at radius 3 is 2.44 bits per heavy atom. The molecule has 0 bridgehead atoms. The van der Waals surface area contributed by atoms with E-state index in [0.29, 0.717) is 6.61 Å². The Morgan fingerprint density at radius 2 is 1.81 bits per heavy atom. The van der Waals surface area contributed by atoms with Gasteiger partial charge in [-0.15, -0.1) is 5.06 Å². The van der Waals surface area contributed by atoms with Gasteiger partial charge >= 0.3 is 6.16 Å². The lowest BCUT2D eigenvalue weighted by Gasteiger charge is -2.08. The molecule has 6 nitrogen and oxygen atoms in total. The van der Waals surface area contributed by atoms with E-state index in [0.717, 1.165) is 12.8 Å². The average molecular weight is 235 g/mol. The van der Waals surface area contributed by atoms with Gasteiger partial charge in [0.15, 0.2) is 0 Å². The first kappa shape index (κ1) is 15.2. The van der Waals surface area contributed by atoms with Crippen molar-refractivity contribution in [3.8, 4) is 0 Å². The molecule has 0 atom stereocenters. The normalized spacial score (nSPS) is 10.5. The van der Waals surface area contributed by atoms with Crippen LogP contribution >= 0.6 is 0 Å². The molecule has 0 unspecified atom stereocenters. The third kappa shape index (κ3) is 11.2. The minimum Gasteiger partial charge on any atom is -0.334 e. The van der Waals surface area contributed by atoms with Crippen molar-refractivity contribution in [1.29, 1.82) is 0 Å². The monoisotopic (exact) mass is 235 g/mol. The molecule has 0 heterocycles. The highest BCUT2D eigenvalue weighted by atomic mass is 17.5. The molecule has 0 saturated carbocycles. The molecule has 6 heteroatoms. The summed E-state index contributed by atoms with van der Waals surface area (Å²) in [6.45, 7) is 2.56. The molecule has 0 aliphatic carbocycles. The number of carbonyl (C=O) groups is 1. The molecule has 0 radical (unpaired) electrons. The lowest BCUT2D eigenvalue weighted by atomic mass is 10.2. The maximum absolute atomic E-state index is 10.7. The highest BCUT2D eigenvalue weighted by molar-refractivity contribution is 5.58. The maximum Gasteiger partial charge on any atom is 0.562 e. The van der Waals surface area contributed by atoms with Gasteiger partial charge in [-0.3, -0.25) is 0 Å². The second kappa shape index (κ2) is 10.7. The van der Waals surface area contributed by atoms with Crippen LogP contribution in [0.4, 0.5) is 4.79 Å². The number of hydrogen-bond acceptors (Lipinski definition) is 6. The summed E-state index contributed by atoms with van der Waals surface area (Å²) >= 11 is 0. The van der Waals surface area contributed by atoms with Crippen LogP contribution < -0.4 is 0 Å². The SMILES string of the molecule is CCCCCCCOOOC(=O)ON(C)C. The predicted octanol–water partition coefficient (Wildman–Crippen LogP) is 2.45. The Morgan fingerprint density at radius 1 is 1.12 bits per heavy atom. The lowest BCUT2D eigenvalue weighted by Crippen LogP contribution is -2.19. The van der Waals surface area contributed by atoms with Crippen molar-refractivity contribution < 1.29 is 24.4 Å². The van der Waals surface area contributed by atoms with Crippen LogP contribution in [-0.2, 0) is 19.7 Å². The summed E-state index contributed by atoms with van der Waals surface area (Å²) in [6, 6.07) is 0. The van der Waals surface area contributed by atoms with Gasteiger partial charge in [-0.05, 0) is 11.5 Å². The summed E-state index contributed by atoms with van der Waals surface area (Å²) in [4.78, 5) is 24.0. The molecule has 0 aromatic carbocycles. The summed E-state index contributed by atoms with van der Waals surface area (Å²) in [5.74, 6) is 0. The van der Waals surface area contributed by atoms with Crippen LogP contribution in [-0.4, -0.2) is 31.9 Å². The van der Waals surface area contributed by atoms with Crippen molar-refractivity contribution in [3.05, 3.63) is 0 Å². The maximum atomic E-state index is 10.7. The second-order valence-corrected chi connectivity index (χ2v) is 3.54. The molecule has 16 heavy (non-hydrogen) atoms. The van der Waals surface area contributed by atoms with Crippen molar-refractivity contribution in [2.75, 3.05) is 20.7 Å². The molecule has 0 aromatic rings. The van der Waals surface area contributed by atoms with Crippen LogP contribution in [0.25, 0.3) is 0 Å². The summed E-state index contributed by atoms with van der Waals surface area (Å²) in [7, 11) is 3.10. The largest absolute Gasteiger partial charge is 0.562 e. The van der Waals surface area contributed by atoms with Crippen LogP contribution in [0.3, 0.4) is 0 Å². The van der Waals surface area contributed by atoms with Gasteiger partial charge < -0.3 is 4.84 Å². The summed E-state index contributed by atoms with van der Waals surface area (Å²) < 4.78 is 0. The van der Waals surface area contributed by atoms with E-state index < -0.39 is 6.16 Å². The molecule has 96 valence electrons. The summed E-state index contributed by atoms with van der Waals surface area (Å²) in [5.41, 5.74) is 0. The Hall–Kier alpha value is -0.850. The first-order valence-corrected chi connectivity index (χ1v) is 5.52. The van der Waals surface area contributed by atoms with Crippen molar-refractivity contribution in [2.24, 2.45) is 0 Å². The summed E-state index contributed by atoms with van der Waals surface area (Å²) in [5, 5.41) is 5.39. The van der Waals surface area contributed by atoms with Crippen LogP contribution in [0, 0.1) is 0 Å². The molecule has 0 spiro atoms. The molecule has 0 aromatic heterocycles. The Balaban J connectivity index is 3.11. The van der Waals surface area contributed by atoms with E-state index >= 15 is 0 Å². The number of nitrogens with zero attached hydrogens (tertiary/aromatic N) is 1. The highest BCUT2D eigenvalue weighted by Crippen LogP contribution is 2.02. The van der Waals surface area contributed by atoms with E-state index in [-0.39, 0.29) is 0 Å². The molecule has 0 aliphatic heterocycles. The zero-order valence-corrected chi connectivity index (χ0v) is 10.2. The minimum absolute atomic E-state index is 0.402. The van der Waals surface area contributed by atoms with Crippen molar-refractivity contribution in [2.45, 2.75) is 39.0 Å². The Kier molecular flexibility index (Phi) is 10.1. The molecule has 0 saturated heterocycles. The molecular weight excluding hydrogens is 214 g/mol. The fourth-order valence-electron chi connectivity index (χ4n) is 1.01. The fraction of sp³-hybridized carbons (Fsp3) is 0.900. The van der Waals surface area contributed by atoms with Gasteiger partial charge in [-0.1, -0.05) is 32.6 Å². The number of hydrogen-bond donors (Lipinski definition) is 0. The van der Waals surface area contributed by atoms with Crippen LogP contribution in [0.15, 0.2) is 0 Å². The Labute approximate surface area is 96.2 Å². The van der Waals surface area contributed by atoms with Gasteiger partial charge in [0, 0.05) is 14.1 Å². The van der Waals surface area contributed by atoms with Crippen LogP contribution in [0.2, 0.25) is 0 Å². The molecule has 0 rings (SSSR count). The van der Waals surface area contributed by atoms with E-state index in [1.165, 1.54) is 24.3 Å². The Bertz CT molecular complexity index is 175. The van der Waals surface area contributed by atoms with E-state index in [9.17, 15) is 4.79 Å². The number of rotatable bonds is 9. The molecule has 0 amide bonds. The molecule has 0 N–H and O–H groups in total. The second-order valence-electron chi connectivity index (χ2n) is 3.54. The zero-order valence-electron chi connectivity index (χ0n) is 10.2. The van der Waals surface area contributed by atoms with Crippen molar-refractivity contribution >= 4 is 6.16 Å². The van der Waals surface area contributed by atoms with Crippen LogP contribution in [0.5, 0.6) is 0 Å². The molecule has 0 aliphatic rings. The van der Waals surface area contributed by atoms with E-state index in [4.69, 9.17) is 0 Å². The van der Waals surface area contributed by atoms with E-state index in [2.05, 4.69) is 26.6 Å². The number of hydroxylamine groups is 2. The number of carbonyl (C=O) groups excluding carboxylic acids is 1. The molecular formula is C10H21NO5. The van der Waals surface area contributed by atoms with Gasteiger partial charge in [-0.25, -0.2) is 4.89 Å². The van der Waals surface area contributed by atoms with Gasteiger partial charge in [0.25, 0.3) is 0 Å². The smallest absolute Gasteiger partial charge is 0.334 e. The minimum atomic E-state index is -0.962. The van der Waals surface area contributed by atoms with Crippen molar-refractivity contribution in [3.63, 3.8) is 0 Å². The van der Waals surface area contributed by atoms with Gasteiger partial charge in [0.2, 0.25) is 0 Å². The fourth-order valence-corrected chi connectivity index (χ4v) is 1.01. The first-order valence-electron chi connectivity index (χ1n) is 5.52. The molecule has 0 fully saturated rings. The summed E-state index contributed by atoms with van der Waals surface area (Å²) in [6.07, 6.45) is 4.62. The number of unbranched alkanes of at least 4 members (excludes halogenated alkanes) is 4. The lowest BCUT2D eigenvalue weighted by molar-refractivity contribution is -0.489. The van der Waals surface area contributed by atoms with Gasteiger partial charge in [-0.2, -0.15) is 9.68 Å². The third-order valence-electron chi connectivity index (χ3n) is 1.74. The zero-order chi connectivity index (χ0) is 12.2. The predicted molar refractivity (Wildman–Crippen MR) is 57.0 cm³/mol. The quantitative estimate of drug-likeness (QED) is 0.347. The average Bonchev–Trinajstić information content (AvgIpc) is 2.21. The van der Waals surface area contributed by atoms with E-state index in [1.807, 2.05) is 0 Å². The first-order chi connectivity index (χ1) is 7.66. The van der Waals surface area contributed by atoms with Gasteiger partial charge in [0.05, 0.1) is 6.61 Å². The highest BCUT2D eigenvalue weighted by Gasteiger charge is 2.07. The van der Waals surface area contributed by atoms with Gasteiger partial charge in [0.1, 0.15) is 0 Å². The van der Waals surface area contributed by atoms with Crippen molar-refractivity contribution in [1.82, 2.24) is 5.06 Å². The standard InChI is InChI=1S/C10H21NO5/c1-4-5-6-7-8-9-13-16-15-10(12)14-11(2)3/h4-9H2,1-3H3. The van der Waals surface area contributed by atoms with E-state index in [1.54, 1.807) is 14.1 Å². The van der Waals surface area contributed by atoms with Crippen LogP contribution in [0.1, 0.15) is 39.0 Å². The third-order valence-corrected chi connectivity index (χ3v) is 1.74. The topological polar surface area (TPSA) is 57.2 Å².